The lowest BCUT2D eigenvalue weighted by Crippen LogP contribution is -2.55. The van der Waals surface area contributed by atoms with Gasteiger partial charge in [0.15, 0.2) is 0 Å². The van der Waals surface area contributed by atoms with Gasteiger partial charge in [-0.25, -0.2) is 0 Å². The smallest absolute Gasteiger partial charge is 0.322 e. The van der Waals surface area contributed by atoms with E-state index in [2.05, 4.69) is 4.90 Å². The Morgan fingerprint density at radius 3 is 1.89 bits per heavy atom. The zero-order valence-electron chi connectivity index (χ0n) is 15.9. The average Bonchev–Trinajstić information content (AvgIpc) is 2.72. The van der Waals surface area contributed by atoms with E-state index in [0.717, 1.165) is 5.56 Å². The molecule has 1 aromatic rings. The lowest BCUT2D eigenvalue weighted by molar-refractivity contribution is -0.150. The first-order valence-electron chi connectivity index (χ1n) is 9.24. The van der Waals surface area contributed by atoms with Crippen LogP contribution in [-0.4, -0.2) is 93.7 Å². The molecule has 0 aromatic heterocycles. The van der Waals surface area contributed by atoms with Gasteiger partial charge in [0.2, 0.25) is 0 Å². The molecule has 0 saturated carbocycles. The molecule has 150 valence electrons. The first-order chi connectivity index (χ1) is 13.2. The molecule has 2 atom stereocenters. The molecule has 2 heterocycles. The van der Waals surface area contributed by atoms with Crippen LogP contribution >= 0.6 is 0 Å². The van der Waals surface area contributed by atoms with E-state index in [9.17, 15) is 9.90 Å². The van der Waals surface area contributed by atoms with E-state index in [-0.39, 0.29) is 0 Å². The Morgan fingerprint density at radius 1 is 0.963 bits per heavy atom. The predicted molar refractivity (Wildman–Crippen MR) is 98.5 cm³/mol. The summed E-state index contributed by atoms with van der Waals surface area (Å²) in [6.45, 7) is 4.67. The van der Waals surface area contributed by atoms with Crippen LogP contribution in [0.25, 0.3) is 0 Å². The molecule has 8 nitrogen and oxygen atoms in total. The van der Waals surface area contributed by atoms with Crippen LogP contribution in [0, 0.1) is 0 Å². The quantitative estimate of drug-likeness (QED) is 0.746. The molecule has 2 unspecified atom stereocenters. The third-order valence-corrected chi connectivity index (χ3v) is 5.19. The molecule has 27 heavy (non-hydrogen) atoms. The first kappa shape index (κ1) is 19.9. The highest BCUT2D eigenvalue weighted by Gasteiger charge is 2.42. The minimum atomic E-state index is -0.860. The van der Waals surface area contributed by atoms with Crippen molar-refractivity contribution in [3.8, 4) is 11.5 Å². The van der Waals surface area contributed by atoms with Crippen LogP contribution in [0.1, 0.15) is 11.6 Å². The molecule has 8 heteroatoms. The molecule has 2 aliphatic heterocycles. The minimum absolute atomic E-state index is 0.421. The van der Waals surface area contributed by atoms with Gasteiger partial charge < -0.3 is 24.1 Å². The summed E-state index contributed by atoms with van der Waals surface area (Å²) >= 11 is 0. The number of nitrogens with zero attached hydrogens (tertiary/aromatic N) is 2. The Hall–Kier alpha value is -1.87. The number of ether oxygens (including phenoxy) is 4. The van der Waals surface area contributed by atoms with Crippen LogP contribution in [0.5, 0.6) is 11.5 Å². The normalized spacial score (nSPS) is 21.4. The molecule has 0 amide bonds. The first-order valence-corrected chi connectivity index (χ1v) is 9.24. The van der Waals surface area contributed by atoms with Crippen molar-refractivity contribution in [3.05, 3.63) is 23.8 Å². The number of benzene rings is 1. The molecular formula is C19H28N2O6. The summed E-state index contributed by atoms with van der Waals surface area (Å²) in [7, 11) is 3.19. The molecule has 0 radical (unpaired) electrons. The summed E-state index contributed by atoms with van der Waals surface area (Å²) in [5.74, 6) is 0.400. The van der Waals surface area contributed by atoms with Gasteiger partial charge >= 0.3 is 5.97 Å². The Morgan fingerprint density at radius 2 is 1.44 bits per heavy atom. The fourth-order valence-electron chi connectivity index (χ4n) is 3.91. The standard InChI is InChI=1S/C19H28N2O6/c1-24-14-4-3-5-15(25-2)16(14)17(20-6-10-26-11-7-20)18(19(22)23)21-8-12-27-13-9-21/h3-5,17-18H,6-13H2,1-2H3,(H,22,23). The van der Waals surface area contributed by atoms with E-state index in [1.807, 2.05) is 23.1 Å². The average molecular weight is 380 g/mol. The number of hydrogen-bond acceptors (Lipinski definition) is 7. The predicted octanol–water partition coefficient (Wildman–Crippen LogP) is 0.863. The van der Waals surface area contributed by atoms with E-state index >= 15 is 0 Å². The van der Waals surface area contributed by atoms with Gasteiger partial charge in [-0.05, 0) is 12.1 Å². The summed E-state index contributed by atoms with van der Waals surface area (Å²) in [6, 6.07) is 4.39. The van der Waals surface area contributed by atoms with E-state index in [1.165, 1.54) is 0 Å². The van der Waals surface area contributed by atoms with Gasteiger partial charge in [0.25, 0.3) is 0 Å². The van der Waals surface area contributed by atoms with Crippen LogP contribution in [-0.2, 0) is 14.3 Å². The second-order valence-electron chi connectivity index (χ2n) is 6.60. The summed E-state index contributed by atoms with van der Waals surface area (Å²) in [5.41, 5.74) is 0.767. The number of hydrogen-bond donors (Lipinski definition) is 1. The van der Waals surface area contributed by atoms with Crippen molar-refractivity contribution in [1.29, 1.82) is 0 Å². The highest BCUT2D eigenvalue weighted by molar-refractivity contribution is 5.75. The topological polar surface area (TPSA) is 80.7 Å². The highest BCUT2D eigenvalue weighted by Crippen LogP contribution is 2.40. The molecule has 3 rings (SSSR count). The van der Waals surface area contributed by atoms with E-state index in [4.69, 9.17) is 18.9 Å². The summed E-state index contributed by atoms with van der Waals surface area (Å²) in [6.07, 6.45) is 0. The van der Waals surface area contributed by atoms with Crippen LogP contribution in [0.3, 0.4) is 0 Å². The fraction of sp³-hybridized carbons (Fsp3) is 0.632. The molecule has 0 aliphatic carbocycles. The van der Waals surface area contributed by atoms with Gasteiger partial charge in [0, 0.05) is 26.2 Å². The maximum Gasteiger partial charge on any atom is 0.322 e. The number of aliphatic carboxylic acids is 1. The van der Waals surface area contributed by atoms with Gasteiger partial charge in [0.05, 0.1) is 52.3 Å². The molecule has 1 aromatic carbocycles. The van der Waals surface area contributed by atoms with Crippen molar-refractivity contribution < 1.29 is 28.8 Å². The lowest BCUT2D eigenvalue weighted by Gasteiger charge is -2.43. The summed E-state index contributed by atoms with van der Waals surface area (Å²) < 4.78 is 22.1. The van der Waals surface area contributed by atoms with Crippen molar-refractivity contribution in [3.63, 3.8) is 0 Å². The Kier molecular flexibility index (Phi) is 6.89. The van der Waals surface area contributed by atoms with Gasteiger partial charge in [-0.15, -0.1) is 0 Å². The zero-order chi connectivity index (χ0) is 19.2. The number of rotatable bonds is 7. The number of carboxylic acid groups (broad SMARTS) is 1. The Bertz CT molecular complexity index is 606. The summed E-state index contributed by atoms with van der Waals surface area (Å²) in [5, 5.41) is 10.2. The van der Waals surface area contributed by atoms with Crippen LogP contribution in [0.4, 0.5) is 0 Å². The van der Waals surface area contributed by atoms with Gasteiger partial charge in [-0.1, -0.05) is 6.07 Å². The van der Waals surface area contributed by atoms with E-state index in [0.29, 0.717) is 64.1 Å². The highest BCUT2D eigenvalue weighted by atomic mass is 16.5. The Balaban J connectivity index is 2.09. The molecule has 2 saturated heterocycles. The number of carboxylic acids is 1. The SMILES string of the molecule is COc1cccc(OC)c1C(C(C(=O)O)N1CCOCC1)N1CCOCC1. The van der Waals surface area contributed by atoms with E-state index < -0.39 is 18.1 Å². The third kappa shape index (κ3) is 4.35. The molecule has 0 bridgehead atoms. The number of carbonyl (C=O) groups is 1. The number of methoxy groups -OCH3 is 2. The minimum Gasteiger partial charge on any atom is -0.496 e. The van der Waals surface area contributed by atoms with Crippen molar-refractivity contribution in [2.24, 2.45) is 0 Å². The van der Waals surface area contributed by atoms with Gasteiger partial charge in [-0.2, -0.15) is 0 Å². The Labute approximate surface area is 159 Å². The van der Waals surface area contributed by atoms with Crippen molar-refractivity contribution in [2.75, 3.05) is 66.8 Å². The molecular weight excluding hydrogens is 352 g/mol. The lowest BCUT2D eigenvalue weighted by atomic mass is 9.93. The third-order valence-electron chi connectivity index (χ3n) is 5.19. The molecule has 1 N–H and O–H groups in total. The van der Waals surface area contributed by atoms with Gasteiger partial charge in [0.1, 0.15) is 17.5 Å². The van der Waals surface area contributed by atoms with Crippen LogP contribution < -0.4 is 9.47 Å². The summed E-state index contributed by atoms with van der Waals surface area (Å²) in [4.78, 5) is 16.6. The maximum atomic E-state index is 12.4. The van der Waals surface area contributed by atoms with Crippen molar-refractivity contribution >= 4 is 5.97 Å². The fourth-order valence-corrected chi connectivity index (χ4v) is 3.91. The largest absolute Gasteiger partial charge is 0.496 e. The molecule has 2 fully saturated rings. The van der Waals surface area contributed by atoms with Gasteiger partial charge in [-0.3, -0.25) is 14.6 Å². The van der Waals surface area contributed by atoms with E-state index in [1.54, 1.807) is 14.2 Å². The zero-order valence-corrected chi connectivity index (χ0v) is 15.9. The monoisotopic (exact) mass is 380 g/mol. The van der Waals surface area contributed by atoms with Crippen LogP contribution in [0.2, 0.25) is 0 Å². The second kappa shape index (κ2) is 9.36. The molecule has 2 aliphatic rings. The van der Waals surface area contributed by atoms with Crippen molar-refractivity contribution in [1.82, 2.24) is 9.80 Å². The van der Waals surface area contributed by atoms with Crippen LogP contribution in [0.15, 0.2) is 18.2 Å². The second-order valence-corrected chi connectivity index (χ2v) is 6.60. The number of morpholine rings is 2. The van der Waals surface area contributed by atoms with Crippen molar-refractivity contribution in [2.45, 2.75) is 12.1 Å². The maximum absolute atomic E-state index is 12.4. The molecule has 0 spiro atoms.